The molecule has 3 rings (SSSR count). The number of rotatable bonds is 2. The summed E-state index contributed by atoms with van der Waals surface area (Å²) in [7, 11) is 0. The predicted octanol–water partition coefficient (Wildman–Crippen LogP) is 0.819. The summed E-state index contributed by atoms with van der Waals surface area (Å²) < 4.78 is 0. The second-order valence-electron chi connectivity index (χ2n) is 6.17. The number of piperazine rings is 1. The molecule has 2 aliphatic rings. The normalized spacial score (nSPS) is 22.0. The molecular weight excluding hydrogens is 294 g/mol. The van der Waals surface area contributed by atoms with Crippen molar-refractivity contribution in [1.29, 1.82) is 0 Å². The van der Waals surface area contributed by atoms with Crippen molar-refractivity contribution in [3.05, 3.63) is 29.8 Å². The Labute approximate surface area is 136 Å². The van der Waals surface area contributed by atoms with Crippen molar-refractivity contribution in [3.63, 3.8) is 0 Å². The van der Waals surface area contributed by atoms with Crippen molar-refractivity contribution in [2.24, 2.45) is 0 Å². The Hall–Kier alpha value is -2.08. The average Bonchev–Trinajstić information content (AvgIpc) is 2.62. The van der Waals surface area contributed by atoms with Crippen LogP contribution in [-0.4, -0.2) is 65.5 Å². The van der Waals surface area contributed by atoms with Gasteiger partial charge in [-0.25, -0.2) is 0 Å². The van der Waals surface area contributed by atoms with E-state index in [1.807, 2.05) is 4.90 Å². The van der Waals surface area contributed by atoms with Gasteiger partial charge in [-0.15, -0.1) is 0 Å². The topological polar surface area (TPSA) is 72.9 Å². The molecule has 0 saturated carbocycles. The number of nitrogens with zero attached hydrogens (tertiary/aromatic N) is 2. The van der Waals surface area contributed by atoms with Gasteiger partial charge in [0.25, 0.3) is 5.91 Å². The standard InChI is InChI=1S/C17H23N3O3/c21-14-6-4-13(5-7-14)16(22)19-9-11-20(12-10-19)17(23)15-3-1-2-8-18-15/h4-7,15,18,21H,1-3,8-12H2. The van der Waals surface area contributed by atoms with Crippen LogP contribution in [0.15, 0.2) is 24.3 Å². The van der Waals surface area contributed by atoms with Gasteiger partial charge in [-0.2, -0.15) is 0 Å². The minimum atomic E-state index is -0.0527. The van der Waals surface area contributed by atoms with Crippen LogP contribution < -0.4 is 5.32 Å². The van der Waals surface area contributed by atoms with E-state index in [1.165, 1.54) is 12.1 Å². The third-order valence-corrected chi connectivity index (χ3v) is 4.60. The van der Waals surface area contributed by atoms with Crippen molar-refractivity contribution in [2.45, 2.75) is 25.3 Å². The maximum absolute atomic E-state index is 12.5. The first-order valence-electron chi connectivity index (χ1n) is 8.25. The molecule has 6 nitrogen and oxygen atoms in total. The van der Waals surface area contributed by atoms with Gasteiger partial charge in [0.15, 0.2) is 0 Å². The summed E-state index contributed by atoms with van der Waals surface area (Å²) in [6, 6.07) is 6.23. The number of carbonyl (C=O) groups excluding carboxylic acids is 2. The molecule has 2 aliphatic heterocycles. The molecule has 23 heavy (non-hydrogen) atoms. The molecule has 1 atom stereocenters. The summed E-state index contributed by atoms with van der Waals surface area (Å²) in [5, 5.41) is 12.6. The minimum Gasteiger partial charge on any atom is -0.508 e. The fraction of sp³-hybridized carbons (Fsp3) is 0.529. The minimum absolute atomic E-state index is 0.0482. The van der Waals surface area contributed by atoms with Gasteiger partial charge >= 0.3 is 0 Å². The molecule has 0 spiro atoms. The summed E-state index contributed by atoms with van der Waals surface area (Å²) in [4.78, 5) is 28.5. The van der Waals surface area contributed by atoms with E-state index in [1.54, 1.807) is 17.0 Å². The van der Waals surface area contributed by atoms with Crippen LogP contribution in [0.1, 0.15) is 29.6 Å². The van der Waals surface area contributed by atoms with Gasteiger partial charge in [-0.05, 0) is 43.7 Å². The third kappa shape index (κ3) is 3.64. The number of benzene rings is 1. The highest BCUT2D eigenvalue weighted by molar-refractivity contribution is 5.94. The molecule has 2 saturated heterocycles. The van der Waals surface area contributed by atoms with E-state index in [0.717, 1.165) is 25.8 Å². The number of hydrogen-bond donors (Lipinski definition) is 2. The molecule has 2 heterocycles. The molecule has 1 aromatic carbocycles. The number of piperidine rings is 1. The highest BCUT2D eigenvalue weighted by atomic mass is 16.3. The lowest BCUT2D eigenvalue weighted by Gasteiger charge is -2.37. The second-order valence-corrected chi connectivity index (χ2v) is 6.17. The van der Waals surface area contributed by atoms with Crippen LogP contribution in [0.3, 0.4) is 0 Å². The molecule has 0 radical (unpaired) electrons. The summed E-state index contributed by atoms with van der Waals surface area (Å²) in [5.41, 5.74) is 0.566. The summed E-state index contributed by atoms with van der Waals surface area (Å²) >= 11 is 0. The molecule has 0 aromatic heterocycles. The lowest BCUT2D eigenvalue weighted by molar-refractivity contribution is -0.135. The predicted molar refractivity (Wildman–Crippen MR) is 86.2 cm³/mol. The van der Waals surface area contributed by atoms with Crippen LogP contribution in [0.2, 0.25) is 0 Å². The van der Waals surface area contributed by atoms with E-state index in [9.17, 15) is 14.7 Å². The number of phenols is 1. The number of carbonyl (C=O) groups is 2. The Balaban J connectivity index is 1.54. The first-order valence-corrected chi connectivity index (χ1v) is 8.25. The number of hydrogen-bond acceptors (Lipinski definition) is 4. The van der Waals surface area contributed by atoms with Gasteiger partial charge in [-0.3, -0.25) is 9.59 Å². The Morgan fingerprint density at radius 3 is 2.26 bits per heavy atom. The van der Waals surface area contributed by atoms with Crippen LogP contribution in [-0.2, 0) is 4.79 Å². The van der Waals surface area contributed by atoms with E-state index >= 15 is 0 Å². The summed E-state index contributed by atoms with van der Waals surface area (Å²) in [6.45, 7) is 3.19. The van der Waals surface area contributed by atoms with Crippen LogP contribution in [0, 0.1) is 0 Å². The monoisotopic (exact) mass is 317 g/mol. The molecule has 2 fully saturated rings. The largest absolute Gasteiger partial charge is 0.508 e. The maximum atomic E-state index is 12.5. The number of aromatic hydroxyl groups is 1. The molecule has 1 unspecified atom stereocenters. The zero-order valence-electron chi connectivity index (χ0n) is 13.2. The third-order valence-electron chi connectivity index (χ3n) is 4.60. The van der Waals surface area contributed by atoms with E-state index in [-0.39, 0.29) is 23.6 Å². The van der Waals surface area contributed by atoms with Crippen LogP contribution >= 0.6 is 0 Å². The number of phenolic OH excluding ortho intramolecular Hbond substituents is 1. The van der Waals surface area contributed by atoms with Gasteiger partial charge in [0.1, 0.15) is 5.75 Å². The molecule has 0 aliphatic carbocycles. The lowest BCUT2D eigenvalue weighted by Crippen LogP contribution is -2.55. The van der Waals surface area contributed by atoms with Crippen molar-refractivity contribution in [3.8, 4) is 5.75 Å². The van der Waals surface area contributed by atoms with Crippen molar-refractivity contribution in [2.75, 3.05) is 32.7 Å². The van der Waals surface area contributed by atoms with E-state index in [2.05, 4.69) is 5.32 Å². The Kier molecular flexibility index (Phi) is 4.81. The quantitative estimate of drug-likeness (QED) is 0.847. The van der Waals surface area contributed by atoms with Crippen molar-refractivity contribution < 1.29 is 14.7 Å². The van der Waals surface area contributed by atoms with E-state index < -0.39 is 0 Å². The van der Waals surface area contributed by atoms with E-state index in [0.29, 0.717) is 31.7 Å². The van der Waals surface area contributed by atoms with Gasteiger partial charge in [0, 0.05) is 31.7 Å². The molecular formula is C17H23N3O3. The highest BCUT2D eigenvalue weighted by Gasteiger charge is 2.29. The Bertz CT molecular complexity index is 559. The second kappa shape index (κ2) is 7.00. The molecule has 124 valence electrons. The molecule has 6 heteroatoms. The summed E-state index contributed by atoms with van der Waals surface area (Å²) in [5.74, 6) is 0.270. The first-order chi connectivity index (χ1) is 11.1. The molecule has 0 bridgehead atoms. The average molecular weight is 317 g/mol. The van der Waals surface area contributed by atoms with Gasteiger partial charge in [0.05, 0.1) is 6.04 Å². The SMILES string of the molecule is O=C(c1ccc(O)cc1)N1CCN(C(=O)C2CCCCN2)CC1. The van der Waals surface area contributed by atoms with Gasteiger partial charge in [-0.1, -0.05) is 6.42 Å². The molecule has 1 aromatic rings. The van der Waals surface area contributed by atoms with Crippen LogP contribution in [0.25, 0.3) is 0 Å². The van der Waals surface area contributed by atoms with E-state index in [4.69, 9.17) is 0 Å². The smallest absolute Gasteiger partial charge is 0.253 e. The van der Waals surface area contributed by atoms with Crippen molar-refractivity contribution in [1.82, 2.24) is 15.1 Å². The maximum Gasteiger partial charge on any atom is 0.253 e. The number of nitrogens with one attached hydrogen (secondary N) is 1. The zero-order chi connectivity index (χ0) is 16.2. The Morgan fingerprint density at radius 2 is 1.65 bits per heavy atom. The highest BCUT2D eigenvalue weighted by Crippen LogP contribution is 2.15. The zero-order valence-corrected chi connectivity index (χ0v) is 13.2. The fourth-order valence-corrected chi connectivity index (χ4v) is 3.20. The Morgan fingerprint density at radius 1 is 1.00 bits per heavy atom. The number of amides is 2. The van der Waals surface area contributed by atoms with Gasteiger partial charge in [0.2, 0.25) is 5.91 Å². The fourth-order valence-electron chi connectivity index (χ4n) is 3.20. The molecule has 2 N–H and O–H groups in total. The van der Waals surface area contributed by atoms with Gasteiger partial charge < -0.3 is 20.2 Å². The molecule has 2 amide bonds. The van der Waals surface area contributed by atoms with Crippen molar-refractivity contribution >= 4 is 11.8 Å². The lowest BCUT2D eigenvalue weighted by atomic mass is 10.0. The summed E-state index contributed by atoms with van der Waals surface area (Å²) in [6.07, 6.45) is 3.15. The van der Waals surface area contributed by atoms with Crippen LogP contribution in [0.4, 0.5) is 0 Å². The first kappa shape index (κ1) is 15.8. The van der Waals surface area contributed by atoms with Crippen LogP contribution in [0.5, 0.6) is 5.75 Å².